The van der Waals surface area contributed by atoms with Crippen LogP contribution in [0.15, 0.2) is 78.9 Å². The highest BCUT2D eigenvalue weighted by Crippen LogP contribution is 2.36. The Bertz CT molecular complexity index is 1950. The topological polar surface area (TPSA) is 80.9 Å². The fraction of sp³-hybridized carbons (Fsp3) is 0.488. The SMILES string of the molecule is CCCCc1cc2ccccc2c(OCC[N+](C)(C)C2CC(OC3CCN(c4ccc(C(F)(F)F)cc4)CC3)N(Cc3ccc(C(F)(F)F)cc3)CC2C(N)=O)n1. The van der Waals surface area contributed by atoms with E-state index in [1.807, 2.05) is 48.2 Å². The first kappa shape index (κ1) is 42.2. The van der Waals surface area contributed by atoms with Crippen LogP contribution in [0.25, 0.3) is 10.8 Å². The fourth-order valence-electron chi connectivity index (χ4n) is 8.10. The lowest BCUT2D eigenvalue weighted by atomic mass is 9.87. The predicted molar refractivity (Wildman–Crippen MR) is 207 cm³/mol. The number of halogens is 6. The number of rotatable bonds is 14. The first-order chi connectivity index (χ1) is 27.0. The molecule has 6 rings (SSSR count). The lowest BCUT2D eigenvalue weighted by Crippen LogP contribution is -2.64. The number of aryl methyl sites for hydroxylation is 1. The van der Waals surface area contributed by atoms with E-state index in [1.54, 1.807) is 0 Å². The van der Waals surface area contributed by atoms with Gasteiger partial charge < -0.3 is 24.6 Å². The van der Waals surface area contributed by atoms with Gasteiger partial charge in [-0.05, 0) is 85.2 Å². The fourth-order valence-corrected chi connectivity index (χ4v) is 8.10. The summed E-state index contributed by atoms with van der Waals surface area (Å²) in [5, 5.41) is 1.98. The Labute approximate surface area is 330 Å². The minimum absolute atomic E-state index is 0.195. The van der Waals surface area contributed by atoms with Crippen LogP contribution in [0.3, 0.4) is 0 Å². The number of likely N-dealkylation sites (N-methyl/N-ethyl adjacent to an activating group) is 1. The number of carbonyl (C=O) groups excluding carboxylic acids is 1. The molecule has 1 aromatic heterocycles. The zero-order chi connectivity index (χ0) is 41.0. The van der Waals surface area contributed by atoms with E-state index in [4.69, 9.17) is 20.2 Å². The van der Waals surface area contributed by atoms with Crippen molar-refractivity contribution in [2.45, 2.75) is 82.7 Å². The number of carbonyl (C=O) groups is 1. The summed E-state index contributed by atoms with van der Waals surface area (Å²) in [5.74, 6) is -0.489. The third kappa shape index (κ3) is 10.6. The lowest BCUT2D eigenvalue weighted by molar-refractivity contribution is -0.919. The maximum atomic E-state index is 13.4. The van der Waals surface area contributed by atoms with E-state index in [9.17, 15) is 31.1 Å². The highest BCUT2D eigenvalue weighted by Gasteiger charge is 2.47. The van der Waals surface area contributed by atoms with Crippen molar-refractivity contribution in [1.29, 1.82) is 0 Å². The van der Waals surface area contributed by atoms with E-state index >= 15 is 0 Å². The standard InChI is InChI=1S/C43H51F6N5O3/c1-4-5-9-33-25-30-8-6-7-10-36(30)41(51-33)56-24-23-54(2,3)38-26-39(53(28-37(38)40(50)55)27-29-11-13-31(14-12-29)42(44,45)46)57-35-19-21-52(22-20-35)34-17-15-32(16-18-34)43(47,48)49/h6-8,10-18,25,35,37-39H,4-5,9,19-24,26-28H2,1-3H3,(H-,50,55)/p+1. The van der Waals surface area contributed by atoms with Crippen LogP contribution in [0.2, 0.25) is 0 Å². The molecule has 3 aromatic carbocycles. The number of nitrogens with two attached hydrogens (primary N) is 1. The molecule has 0 bridgehead atoms. The Hall–Kier alpha value is -4.40. The van der Waals surface area contributed by atoms with Crippen LogP contribution in [0.5, 0.6) is 5.88 Å². The van der Waals surface area contributed by atoms with Crippen LogP contribution >= 0.6 is 0 Å². The molecular weight excluding hydrogens is 748 g/mol. The number of alkyl halides is 6. The molecule has 57 heavy (non-hydrogen) atoms. The van der Waals surface area contributed by atoms with Gasteiger partial charge in [-0.25, -0.2) is 4.98 Å². The van der Waals surface area contributed by atoms with E-state index in [-0.39, 0.29) is 25.2 Å². The maximum Gasteiger partial charge on any atom is 0.416 e. The van der Waals surface area contributed by atoms with E-state index in [0.29, 0.717) is 67.1 Å². The minimum Gasteiger partial charge on any atom is -0.471 e. The van der Waals surface area contributed by atoms with E-state index in [0.717, 1.165) is 60.0 Å². The van der Waals surface area contributed by atoms with Crippen LogP contribution in [0.4, 0.5) is 32.0 Å². The number of fused-ring (bicyclic) bond motifs is 1. The van der Waals surface area contributed by atoms with Gasteiger partial charge in [0, 0.05) is 49.4 Å². The van der Waals surface area contributed by atoms with Gasteiger partial charge in [-0.3, -0.25) is 9.69 Å². The van der Waals surface area contributed by atoms with Gasteiger partial charge in [0.25, 0.3) is 0 Å². The van der Waals surface area contributed by atoms with Gasteiger partial charge in [-0.15, -0.1) is 0 Å². The molecule has 2 fully saturated rings. The number of piperidine rings is 2. The van der Waals surface area contributed by atoms with Crippen molar-refractivity contribution in [1.82, 2.24) is 9.88 Å². The molecule has 14 heteroatoms. The van der Waals surface area contributed by atoms with Gasteiger partial charge in [-0.1, -0.05) is 43.7 Å². The zero-order valence-electron chi connectivity index (χ0n) is 32.7. The van der Waals surface area contributed by atoms with Gasteiger partial charge in [-0.2, -0.15) is 26.3 Å². The number of anilines is 1. The largest absolute Gasteiger partial charge is 0.471 e. The Balaban J connectivity index is 1.18. The molecule has 0 spiro atoms. The monoisotopic (exact) mass is 800 g/mol. The number of unbranched alkanes of at least 4 members (excludes halogenated alkanes) is 1. The summed E-state index contributed by atoms with van der Waals surface area (Å²) in [6.07, 6.45) is -5.01. The zero-order valence-corrected chi connectivity index (χ0v) is 32.7. The van der Waals surface area contributed by atoms with Gasteiger partial charge in [0.1, 0.15) is 31.3 Å². The molecule has 2 N–H and O–H groups in total. The second-order valence-corrected chi connectivity index (χ2v) is 15.9. The quantitative estimate of drug-likeness (QED) is 0.102. The maximum absolute atomic E-state index is 13.4. The minimum atomic E-state index is -4.47. The van der Waals surface area contributed by atoms with Crippen LogP contribution in [0.1, 0.15) is 61.4 Å². The van der Waals surface area contributed by atoms with Crippen molar-refractivity contribution in [2.24, 2.45) is 11.7 Å². The van der Waals surface area contributed by atoms with Crippen LogP contribution in [-0.2, 0) is 34.8 Å². The van der Waals surface area contributed by atoms with E-state index in [1.165, 1.54) is 24.3 Å². The second-order valence-electron chi connectivity index (χ2n) is 15.9. The summed E-state index contributed by atoms with van der Waals surface area (Å²) in [7, 11) is 4.08. The molecule has 3 atom stereocenters. The van der Waals surface area contributed by atoms with Crippen LogP contribution in [0, 0.1) is 5.92 Å². The molecule has 0 aliphatic carbocycles. The smallest absolute Gasteiger partial charge is 0.416 e. The summed E-state index contributed by atoms with van der Waals surface area (Å²) in [6.45, 7) is 4.61. The third-order valence-electron chi connectivity index (χ3n) is 11.5. The molecule has 308 valence electrons. The highest BCUT2D eigenvalue weighted by atomic mass is 19.4. The first-order valence-corrected chi connectivity index (χ1v) is 19.6. The number of nitrogens with zero attached hydrogens (tertiary/aromatic N) is 4. The van der Waals surface area contributed by atoms with Crippen molar-refractivity contribution in [3.63, 3.8) is 0 Å². The number of likely N-dealkylation sites (tertiary alicyclic amines) is 1. The van der Waals surface area contributed by atoms with Crippen LogP contribution < -0.4 is 15.4 Å². The third-order valence-corrected chi connectivity index (χ3v) is 11.5. The number of benzene rings is 3. The second kappa shape index (κ2) is 17.6. The normalized spacial score (nSPS) is 20.2. The van der Waals surface area contributed by atoms with Crippen molar-refractivity contribution >= 4 is 22.4 Å². The van der Waals surface area contributed by atoms with Gasteiger partial charge in [0.05, 0.1) is 31.3 Å². The number of hydrogen-bond acceptors (Lipinski definition) is 6. The van der Waals surface area contributed by atoms with Crippen molar-refractivity contribution in [2.75, 3.05) is 51.8 Å². The summed E-state index contributed by atoms with van der Waals surface area (Å²) < 4.78 is 93.2. The molecule has 4 aromatic rings. The van der Waals surface area contributed by atoms with E-state index in [2.05, 4.69) is 13.0 Å². The van der Waals surface area contributed by atoms with Gasteiger partial charge >= 0.3 is 12.4 Å². The van der Waals surface area contributed by atoms with E-state index < -0.39 is 41.5 Å². The number of pyridine rings is 1. The Morgan fingerprint density at radius 2 is 1.54 bits per heavy atom. The molecular formula is C43H52F6N5O3+. The number of primary amides is 1. The predicted octanol–water partition coefficient (Wildman–Crippen LogP) is 8.46. The number of amides is 1. The van der Waals surface area contributed by atoms with Crippen molar-refractivity contribution in [3.05, 3.63) is 101 Å². The summed E-state index contributed by atoms with van der Waals surface area (Å²) in [4.78, 5) is 22.1. The average Bonchev–Trinajstić information content (AvgIpc) is 3.17. The number of ether oxygens (including phenoxy) is 2. The van der Waals surface area contributed by atoms with Crippen molar-refractivity contribution < 1.29 is 45.1 Å². The molecule has 8 nitrogen and oxygen atoms in total. The lowest BCUT2D eigenvalue weighted by Gasteiger charge is -2.50. The number of aromatic nitrogens is 1. The number of hydrogen-bond donors (Lipinski definition) is 1. The Morgan fingerprint density at radius 1 is 0.912 bits per heavy atom. The molecule has 3 heterocycles. The van der Waals surface area contributed by atoms with Crippen LogP contribution in [-0.4, -0.2) is 85.5 Å². The molecule has 0 saturated carbocycles. The average molecular weight is 801 g/mol. The van der Waals surface area contributed by atoms with Crippen molar-refractivity contribution in [3.8, 4) is 5.88 Å². The molecule has 2 saturated heterocycles. The highest BCUT2D eigenvalue weighted by molar-refractivity contribution is 5.87. The Morgan fingerprint density at radius 3 is 2.16 bits per heavy atom. The molecule has 0 radical (unpaired) electrons. The van der Waals surface area contributed by atoms with Gasteiger partial charge in [0.15, 0.2) is 0 Å². The molecule has 2 aliphatic heterocycles. The molecule has 3 unspecified atom stereocenters. The first-order valence-electron chi connectivity index (χ1n) is 19.6. The molecule has 2 aliphatic rings. The summed E-state index contributed by atoms with van der Waals surface area (Å²) in [6, 6.07) is 20.0. The van der Waals surface area contributed by atoms with Gasteiger partial charge in [0.2, 0.25) is 11.8 Å². The summed E-state index contributed by atoms with van der Waals surface area (Å²) in [5.41, 5.74) is 6.96. The summed E-state index contributed by atoms with van der Waals surface area (Å²) >= 11 is 0. The number of quaternary nitrogens is 1. The Kier molecular flexibility index (Phi) is 13.0. The molecule has 1 amide bonds.